The second kappa shape index (κ2) is 6.39. The number of esters is 1. The molecule has 3 atom stereocenters. The SMILES string of the molecule is CCOC(=O)c1nc([C@H]2C[C@H]3C=C[C@@H]2C3)n(Cc2ccccc2)c1N. The number of imidazole rings is 1. The zero-order valence-electron chi connectivity index (χ0n) is 14.4. The number of ether oxygens (including phenoxy) is 1. The minimum Gasteiger partial charge on any atom is -0.461 e. The first-order chi connectivity index (χ1) is 12.2. The van der Waals surface area contributed by atoms with Crippen molar-refractivity contribution in [2.45, 2.75) is 32.2 Å². The van der Waals surface area contributed by atoms with E-state index in [0.29, 0.717) is 36.7 Å². The van der Waals surface area contributed by atoms with Crippen LogP contribution in [0.3, 0.4) is 0 Å². The number of benzene rings is 1. The highest BCUT2D eigenvalue weighted by Crippen LogP contribution is 2.49. The fourth-order valence-electron chi connectivity index (χ4n) is 4.13. The Morgan fingerprint density at radius 3 is 2.72 bits per heavy atom. The van der Waals surface area contributed by atoms with E-state index < -0.39 is 5.97 Å². The fraction of sp³-hybridized carbons (Fsp3) is 0.400. The van der Waals surface area contributed by atoms with Gasteiger partial charge in [-0.15, -0.1) is 0 Å². The topological polar surface area (TPSA) is 70.1 Å². The maximum Gasteiger partial charge on any atom is 0.360 e. The van der Waals surface area contributed by atoms with Gasteiger partial charge in [0.15, 0.2) is 5.69 Å². The average Bonchev–Trinajstić information content (AvgIpc) is 3.32. The summed E-state index contributed by atoms with van der Waals surface area (Å²) in [6, 6.07) is 10.1. The molecule has 0 spiro atoms. The van der Waals surface area contributed by atoms with Crippen molar-refractivity contribution in [2.75, 3.05) is 12.3 Å². The summed E-state index contributed by atoms with van der Waals surface area (Å²) in [6.07, 6.45) is 6.86. The smallest absolute Gasteiger partial charge is 0.360 e. The first-order valence-corrected chi connectivity index (χ1v) is 8.92. The summed E-state index contributed by atoms with van der Waals surface area (Å²) in [4.78, 5) is 16.9. The van der Waals surface area contributed by atoms with Crippen LogP contribution in [0.2, 0.25) is 0 Å². The average molecular weight is 337 g/mol. The third-order valence-electron chi connectivity index (χ3n) is 5.30. The van der Waals surface area contributed by atoms with E-state index in [9.17, 15) is 4.79 Å². The zero-order valence-corrected chi connectivity index (χ0v) is 14.4. The van der Waals surface area contributed by atoms with E-state index in [1.54, 1.807) is 6.92 Å². The Kier molecular flexibility index (Phi) is 4.07. The van der Waals surface area contributed by atoms with Crippen molar-refractivity contribution in [3.8, 4) is 0 Å². The summed E-state index contributed by atoms with van der Waals surface area (Å²) in [7, 11) is 0. The molecule has 1 heterocycles. The minimum atomic E-state index is -0.438. The Balaban J connectivity index is 1.74. The molecular weight excluding hydrogens is 314 g/mol. The number of anilines is 1. The summed E-state index contributed by atoms with van der Waals surface area (Å²) in [5.74, 6) is 2.33. The third-order valence-corrected chi connectivity index (χ3v) is 5.30. The lowest BCUT2D eigenvalue weighted by atomic mass is 9.92. The van der Waals surface area contributed by atoms with E-state index in [-0.39, 0.29) is 5.69 Å². The van der Waals surface area contributed by atoms with Crippen molar-refractivity contribution in [2.24, 2.45) is 11.8 Å². The van der Waals surface area contributed by atoms with Gasteiger partial charge in [-0.2, -0.15) is 0 Å². The summed E-state index contributed by atoms with van der Waals surface area (Å²) in [5, 5.41) is 0. The molecule has 2 N–H and O–H groups in total. The second-order valence-corrected chi connectivity index (χ2v) is 6.88. The van der Waals surface area contributed by atoms with Gasteiger partial charge in [-0.25, -0.2) is 9.78 Å². The van der Waals surface area contributed by atoms with Gasteiger partial charge in [0.25, 0.3) is 0 Å². The van der Waals surface area contributed by atoms with Gasteiger partial charge in [-0.3, -0.25) is 0 Å². The van der Waals surface area contributed by atoms with Crippen molar-refractivity contribution >= 4 is 11.8 Å². The van der Waals surface area contributed by atoms with Gasteiger partial charge in [-0.05, 0) is 37.2 Å². The van der Waals surface area contributed by atoms with Gasteiger partial charge >= 0.3 is 5.97 Å². The molecule has 1 fully saturated rings. The van der Waals surface area contributed by atoms with Gasteiger partial charge in [0.1, 0.15) is 11.6 Å². The normalized spacial score (nSPS) is 24.0. The first kappa shape index (κ1) is 15.9. The van der Waals surface area contributed by atoms with Crippen LogP contribution >= 0.6 is 0 Å². The van der Waals surface area contributed by atoms with Gasteiger partial charge in [0.05, 0.1) is 13.2 Å². The van der Waals surface area contributed by atoms with Crippen LogP contribution in [0.25, 0.3) is 0 Å². The van der Waals surface area contributed by atoms with Gasteiger partial charge < -0.3 is 15.0 Å². The molecule has 0 saturated heterocycles. The maximum absolute atomic E-state index is 12.3. The molecular formula is C20H23N3O2. The Morgan fingerprint density at radius 1 is 1.28 bits per heavy atom. The molecule has 2 aliphatic carbocycles. The predicted molar refractivity (Wildman–Crippen MR) is 96.2 cm³/mol. The first-order valence-electron chi connectivity index (χ1n) is 8.92. The predicted octanol–water partition coefficient (Wildman–Crippen LogP) is 3.37. The monoisotopic (exact) mass is 337 g/mol. The van der Waals surface area contributed by atoms with Crippen LogP contribution in [-0.2, 0) is 11.3 Å². The molecule has 25 heavy (non-hydrogen) atoms. The zero-order chi connectivity index (χ0) is 17.4. The quantitative estimate of drug-likeness (QED) is 0.671. The Labute approximate surface area is 147 Å². The molecule has 5 nitrogen and oxygen atoms in total. The highest BCUT2D eigenvalue weighted by Gasteiger charge is 2.40. The number of nitrogens with two attached hydrogens (primary N) is 1. The number of hydrogen-bond acceptors (Lipinski definition) is 4. The highest BCUT2D eigenvalue weighted by molar-refractivity contribution is 5.92. The van der Waals surface area contributed by atoms with E-state index >= 15 is 0 Å². The molecule has 2 aromatic rings. The summed E-state index contributed by atoms with van der Waals surface area (Å²) in [6.45, 7) is 2.72. The number of fused-ring (bicyclic) bond motifs is 2. The van der Waals surface area contributed by atoms with E-state index in [1.807, 2.05) is 22.8 Å². The lowest BCUT2D eigenvalue weighted by Gasteiger charge is -2.19. The number of carbonyl (C=O) groups is 1. The van der Waals surface area contributed by atoms with Gasteiger partial charge in [0, 0.05) is 5.92 Å². The summed E-state index contributed by atoms with van der Waals surface area (Å²) < 4.78 is 7.14. The van der Waals surface area contributed by atoms with Crippen molar-refractivity contribution in [1.82, 2.24) is 9.55 Å². The number of allylic oxidation sites excluding steroid dienone is 2. The number of hydrogen-bond donors (Lipinski definition) is 1. The molecule has 1 aromatic carbocycles. The third kappa shape index (κ3) is 2.84. The largest absolute Gasteiger partial charge is 0.461 e. The molecule has 4 rings (SSSR count). The molecule has 0 aliphatic heterocycles. The van der Waals surface area contributed by atoms with Crippen molar-refractivity contribution < 1.29 is 9.53 Å². The molecule has 1 saturated carbocycles. The van der Waals surface area contributed by atoms with Crippen LogP contribution in [0.5, 0.6) is 0 Å². The molecule has 2 bridgehead atoms. The summed E-state index contributed by atoms with van der Waals surface area (Å²) in [5.41, 5.74) is 7.72. The Bertz CT molecular complexity index is 810. The molecule has 2 aliphatic rings. The number of nitrogens with zero attached hydrogens (tertiary/aromatic N) is 2. The highest BCUT2D eigenvalue weighted by atomic mass is 16.5. The van der Waals surface area contributed by atoms with E-state index in [2.05, 4.69) is 29.3 Å². The summed E-state index contributed by atoms with van der Waals surface area (Å²) >= 11 is 0. The van der Waals surface area contributed by atoms with E-state index in [0.717, 1.165) is 17.8 Å². The van der Waals surface area contributed by atoms with Crippen LogP contribution in [0.4, 0.5) is 5.82 Å². The molecule has 1 aromatic heterocycles. The molecule has 0 unspecified atom stereocenters. The van der Waals surface area contributed by atoms with Crippen LogP contribution < -0.4 is 5.73 Å². The second-order valence-electron chi connectivity index (χ2n) is 6.88. The standard InChI is InChI=1S/C20H23N3O2/c1-2-25-20(24)17-18(21)23(12-13-6-4-3-5-7-13)19(22-17)16-11-14-8-9-15(16)10-14/h3-9,14-16H,2,10-12,21H2,1H3/t14-,15+,16-/m0/s1. The van der Waals surface area contributed by atoms with E-state index in [4.69, 9.17) is 10.5 Å². The maximum atomic E-state index is 12.3. The van der Waals surface area contributed by atoms with Gasteiger partial charge in [0.2, 0.25) is 0 Å². The van der Waals surface area contributed by atoms with Crippen LogP contribution in [0, 0.1) is 11.8 Å². The Hall–Kier alpha value is -2.56. The molecule has 5 heteroatoms. The molecule has 130 valence electrons. The number of aromatic nitrogens is 2. The van der Waals surface area contributed by atoms with Crippen LogP contribution in [-0.4, -0.2) is 22.1 Å². The van der Waals surface area contributed by atoms with Crippen LogP contribution in [0.1, 0.15) is 47.6 Å². The number of nitrogen functional groups attached to an aromatic ring is 1. The molecule has 0 radical (unpaired) electrons. The Morgan fingerprint density at radius 2 is 2.08 bits per heavy atom. The fourth-order valence-corrected chi connectivity index (χ4v) is 4.13. The van der Waals surface area contributed by atoms with Gasteiger partial charge in [-0.1, -0.05) is 42.5 Å². The minimum absolute atomic E-state index is 0.250. The van der Waals surface area contributed by atoms with E-state index in [1.165, 1.54) is 6.42 Å². The lowest BCUT2D eigenvalue weighted by molar-refractivity contribution is 0.0521. The van der Waals surface area contributed by atoms with Crippen molar-refractivity contribution in [3.63, 3.8) is 0 Å². The van der Waals surface area contributed by atoms with Crippen LogP contribution in [0.15, 0.2) is 42.5 Å². The number of carbonyl (C=O) groups excluding carboxylic acids is 1. The van der Waals surface area contributed by atoms with Crippen molar-refractivity contribution in [3.05, 3.63) is 59.6 Å². The lowest BCUT2D eigenvalue weighted by Crippen LogP contribution is -2.15. The number of rotatable bonds is 5. The van der Waals surface area contributed by atoms with Crippen molar-refractivity contribution in [1.29, 1.82) is 0 Å². The molecule has 0 amide bonds.